The van der Waals surface area contributed by atoms with E-state index < -0.39 is 12.0 Å². The van der Waals surface area contributed by atoms with Gasteiger partial charge in [-0.05, 0) is 56.2 Å². The van der Waals surface area contributed by atoms with Crippen LogP contribution in [-0.2, 0) is 0 Å². The first-order chi connectivity index (χ1) is 15.2. The average molecular weight is 471 g/mol. The number of thiophene rings is 1. The number of carbonyl (C=O) groups excluding carboxylic acids is 1. The van der Waals surface area contributed by atoms with Gasteiger partial charge in [-0.1, -0.05) is 30.8 Å². The maximum absolute atomic E-state index is 12.1. The quantitative estimate of drug-likeness (QED) is 0.461. The molecule has 1 aliphatic carbocycles. The van der Waals surface area contributed by atoms with E-state index >= 15 is 0 Å². The molecule has 1 aliphatic rings. The molecule has 3 aromatic rings. The third-order valence-corrected chi connectivity index (χ3v) is 7.48. The summed E-state index contributed by atoms with van der Waals surface area (Å²) in [4.78, 5) is 17.0. The van der Waals surface area contributed by atoms with E-state index in [1.54, 1.807) is 19.3 Å². The van der Waals surface area contributed by atoms with Gasteiger partial charge < -0.3 is 16.2 Å². The summed E-state index contributed by atoms with van der Waals surface area (Å²) < 4.78 is 7.94. The Morgan fingerprint density at radius 3 is 2.66 bits per heavy atom. The van der Waals surface area contributed by atoms with Crippen LogP contribution in [0.1, 0.15) is 53.8 Å². The molecule has 32 heavy (non-hydrogen) atoms. The molecule has 0 spiro atoms. The number of halogens is 1. The Balaban J connectivity index is 1.69. The number of fused-ring (bicyclic) bond motifs is 1. The number of hydrogen-bond acceptors (Lipinski definition) is 5. The number of aromatic nitrogens is 2. The smallest absolute Gasteiger partial charge is 0.262 e. The number of nitrogens with two attached hydrogens (primary N) is 2. The van der Waals surface area contributed by atoms with Crippen molar-refractivity contribution in [3.05, 3.63) is 64.8 Å². The standard InChI is InChI=1S/C24H27ClN4O2S/c1-13(14(2)25)15(3)31-21-11-22(32-23(21)24(27)30)29-12-28-19-9-6-17(10-20(19)29)16-4-7-18(26)8-5-16/h6,9-12,15-16,18H,1-2,4-5,7-8,26H2,3H3,(H2,27,30). The molecule has 1 aromatic carbocycles. The minimum absolute atomic E-state index is 0.311. The van der Waals surface area contributed by atoms with Crippen LogP contribution in [0.2, 0.25) is 0 Å². The molecule has 1 amide bonds. The first-order valence-corrected chi connectivity index (χ1v) is 11.8. The number of hydrogen-bond donors (Lipinski definition) is 2. The number of ether oxygens (including phenoxy) is 1. The fraction of sp³-hybridized carbons (Fsp3) is 0.333. The van der Waals surface area contributed by atoms with Gasteiger partial charge >= 0.3 is 0 Å². The summed E-state index contributed by atoms with van der Waals surface area (Å²) in [6.07, 6.45) is 5.59. The Morgan fingerprint density at radius 1 is 1.28 bits per heavy atom. The van der Waals surface area contributed by atoms with Gasteiger partial charge in [-0.3, -0.25) is 9.36 Å². The van der Waals surface area contributed by atoms with Crippen molar-refractivity contribution in [1.82, 2.24) is 9.55 Å². The van der Waals surface area contributed by atoms with Gasteiger partial charge in [0.15, 0.2) is 0 Å². The highest BCUT2D eigenvalue weighted by molar-refractivity contribution is 7.16. The number of benzene rings is 1. The lowest BCUT2D eigenvalue weighted by Gasteiger charge is -2.26. The largest absolute Gasteiger partial charge is 0.484 e. The molecule has 168 valence electrons. The van der Waals surface area contributed by atoms with E-state index in [1.807, 2.05) is 10.6 Å². The minimum Gasteiger partial charge on any atom is -0.484 e. The predicted octanol–water partition coefficient (Wildman–Crippen LogP) is 5.25. The third-order valence-electron chi connectivity index (χ3n) is 6.10. The second kappa shape index (κ2) is 9.10. The number of imidazole rings is 1. The van der Waals surface area contributed by atoms with E-state index in [1.165, 1.54) is 16.9 Å². The molecule has 8 heteroatoms. The Kier molecular flexibility index (Phi) is 6.42. The second-order valence-electron chi connectivity index (χ2n) is 8.31. The Bertz CT molecular complexity index is 1190. The highest BCUT2D eigenvalue weighted by Crippen LogP contribution is 2.37. The lowest BCUT2D eigenvalue weighted by atomic mass is 9.82. The van der Waals surface area contributed by atoms with Crippen molar-refractivity contribution in [1.29, 1.82) is 0 Å². The summed E-state index contributed by atoms with van der Waals surface area (Å²) in [5.41, 5.74) is 15.4. The van der Waals surface area contributed by atoms with Crippen molar-refractivity contribution in [3.63, 3.8) is 0 Å². The summed E-state index contributed by atoms with van der Waals surface area (Å²) in [6, 6.07) is 8.51. The summed E-state index contributed by atoms with van der Waals surface area (Å²) in [6.45, 7) is 9.37. The number of carbonyl (C=O) groups is 1. The number of nitrogens with zero attached hydrogens (tertiary/aromatic N) is 2. The van der Waals surface area contributed by atoms with Crippen molar-refractivity contribution >= 4 is 39.9 Å². The molecule has 0 saturated heterocycles. The van der Waals surface area contributed by atoms with Crippen LogP contribution in [0.15, 0.2) is 54.4 Å². The summed E-state index contributed by atoms with van der Waals surface area (Å²) >= 11 is 7.21. The van der Waals surface area contributed by atoms with Gasteiger partial charge in [0, 0.05) is 22.7 Å². The highest BCUT2D eigenvalue weighted by Gasteiger charge is 2.23. The molecule has 0 bridgehead atoms. The van der Waals surface area contributed by atoms with Crippen LogP contribution in [0, 0.1) is 0 Å². The summed E-state index contributed by atoms with van der Waals surface area (Å²) in [5.74, 6) is 0.340. The normalized spacial score (nSPS) is 19.6. The molecular weight excluding hydrogens is 444 g/mol. The van der Waals surface area contributed by atoms with E-state index in [0.717, 1.165) is 41.7 Å². The van der Waals surface area contributed by atoms with Gasteiger partial charge in [-0.15, -0.1) is 11.3 Å². The van der Waals surface area contributed by atoms with Gasteiger partial charge in [0.25, 0.3) is 5.91 Å². The van der Waals surface area contributed by atoms with Crippen LogP contribution in [-0.4, -0.2) is 27.6 Å². The van der Waals surface area contributed by atoms with Crippen LogP contribution in [0.4, 0.5) is 0 Å². The van der Waals surface area contributed by atoms with Crippen LogP contribution >= 0.6 is 22.9 Å². The topological polar surface area (TPSA) is 96.2 Å². The number of primary amides is 1. The molecule has 1 fully saturated rings. The fourth-order valence-corrected chi connectivity index (χ4v) is 5.21. The predicted molar refractivity (Wildman–Crippen MR) is 131 cm³/mol. The van der Waals surface area contributed by atoms with Crippen LogP contribution in [0.25, 0.3) is 16.0 Å². The Labute approximate surface area is 196 Å². The highest BCUT2D eigenvalue weighted by atomic mass is 35.5. The molecule has 4 N–H and O–H groups in total. The molecule has 4 rings (SSSR count). The third kappa shape index (κ3) is 4.46. The van der Waals surface area contributed by atoms with E-state index in [9.17, 15) is 4.79 Å². The van der Waals surface area contributed by atoms with Gasteiger partial charge in [0.1, 0.15) is 28.1 Å². The van der Waals surface area contributed by atoms with E-state index in [0.29, 0.717) is 33.2 Å². The van der Waals surface area contributed by atoms with Crippen LogP contribution in [0.5, 0.6) is 5.75 Å². The molecule has 1 atom stereocenters. The van der Waals surface area contributed by atoms with Crippen molar-refractivity contribution in [2.24, 2.45) is 11.5 Å². The zero-order chi connectivity index (χ0) is 23.0. The molecule has 1 unspecified atom stereocenters. The maximum atomic E-state index is 12.1. The van der Waals surface area contributed by atoms with Crippen molar-refractivity contribution in [2.45, 2.75) is 50.7 Å². The zero-order valence-electron chi connectivity index (χ0n) is 18.0. The molecule has 1 saturated carbocycles. The lowest BCUT2D eigenvalue weighted by Crippen LogP contribution is -2.25. The van der Waals surface area contributed by atoms with Crippen molar-refractivity contribution in [2.75, 3.05) is 0 Å². The number of rotatable bonds is 7. The first-order valence-electron chi connectivity index (χ1n) is 10.6. The summed E-state index contributed by atoms with van der Waals surface area (Å²) in [5, 5.41) is 1.10. The second-order valence-corrected chi connectivity index (χ2v) is 9.79. The monoisotopic (exact) mass is 470 g/mol. The van der Waals surface area contributed by atoms with Crippen molar-refractivity contribution in [3.8, 4) is 10.8 Å². The van der Waals surface area contributed by atoms with Gasteiger partial charge in [0.05, 0.1) is 11.0 Å². The van der Waals surface area contributed by atoms with E-state index in [4.69, 9.17) is 27.8 Å². The first kappa shape index (κ1) is 22.6. The minimum atomic E-state index is -0.553. The Hall–Kier alpha value is -2.61. The van der Waals surface area contributed by atoms with Crippen molar-refractivity contribution < 1.29 is 9.53 Å². The average Bonchev–Trinajstić information content (AvgIpc) is 3.37. The Morgan fingerprint density at radius 2 is 2.00 bits per heavy atom. The zero-order valence-corrected chi connectivity index (χ0v) is 19.6. The van der Waals surface area contributed by atoms with Gasteiger partial charge in [-0.25, -0.2) is 4.98 Å². The molecule has 6 nitrogen and oxygen atoms in total. The number of amides is 1. The SMILES string of the molecule is C=C(Cl)C(=C)C(C)Oc1cc(-n2cnc3ccc(C4CCC(N)CC4)cc32)sc1C(N)=O. The van der Waals surface area contributed by atoms with Gasteiger partial charge in [-0.2, -0.15) is 0 Å². The fourth-order valence-electron chi connectivity index (χ4n) is 4.13. The molecular formula is C24H27ClN4O2S. The molecule has 2 aromatic heterocycles. The lowest BCUT2D eigenvalue weighted by molar-refractivity contribution is 0.0999. The summed E-state index contributed by atoms with van der Waals surface area (Å²) in [7, 11) is 0. The van der Waals surface area contributed by atoms with Crippen LogP contribution < -0.4 is 16.2 Å². The maximum Gasteiger partial charge on any atom is 0.262 e. The van der Waals surface area contributed by atoms with Gasteiger partial charge in [0.2, 0.25) is 0 Å². The van der Waals surface area contributed by atoms with E-state index in [-0.39, 0.29) is 0 Å². The van der Waals surface area contributed by atoms with Crippen LogP contribution in [0.3, 0.4) is 0 Å². The molecule has 2 heterocycles. The molecule has 0 aliphatic heterocycles. The van der Waals surface area contributed by atoms with E-state index in [2.05, 4.69) is 30.3 Å². The molecule has 0 radical (unpaired) electrons.